The van der Waals surface area contributed by atoms with Crippen molar-refractivity contribution in [3.05, 3.63) is 41.5 Å². The van der Waals surface area contributed by atoms with Crippen LogP contribution in [0.1, 0.15) is 54.4 Å². The second-order valence-electron chi connectivity index (χ2n) is 11.9. The van der Waals surface area contributed by atoms with Crippen molar-refractivity contribution in [2.45, 2.75) is 50.9 Å². The molecule has 2 saturated heterocycles. The van der Waals surface area contributed by atoms with Crippen molar-refractivity contribution in [3.63, 3.8) is 0 Å². The van der Waals surface area contributed by atoms with Crippen molar-refractivity contribution in [2.24, 2.45) is 5.41 Å². The molecule has 1 saturated carbocycles. The molecule has 2 aromatic carbocycles. The molecule has 4 N–H and O–H groups in total. The van der Waals surface area contributed by atoms with Gasteiger partial charge in [0, 0.05) is 51.3 Å². The Bertz CT molecular complexity index is 1430. The van der Waals surface area contributed by atoms with Gasteiger partial charge in [-0.05, 0) is 73.4 Å². The van der Waals surface area contributed by atoms with E-state index in [1.807, 2.05) is 17.0 Å². The molecule has 0 bridgehead atoms. The van der Waals surface area contributed by atoms with E-state index in [9.17, 15) is 22.0 Å². The average molecular weight is 590 g/mol. The lowest BCUT2D eigenvalue weighted by Gasteiger charge is -2.35. The van der Waals surface area contributed by atoms with Crippen LogP contribution in [0.5, 0.6) is 0 Å². The molecule has 1 spiro atoms. The Morgan fingerprint density at radius 3 is 2.27 bits per heavy atom. The number of hydrogen-bond donors (Lipinski definition) is 4. The molecule has 0 aromatic heterocycles. The van der Waals surface area contributed by atoms with Crippen LogP contribution in [-0.4, -0.2) is 70.4 Å². The summed E-state index contributed by atoms with van der Waals surface area (Å²) in [5.41, 5.74) is 5.24. The number of carbonyl (C=O) groups excluding carboxylic acids is 1. The molecule has 0 unspecified atom stereocenters. The first-order valence-electron chi connectivity index (χ1n) is 14.4. The number of amides is 1. The highest BCUT2D eigenvalue weighted by Gasteiger charge is 2.44. The number of nitrogens with one attached hydrogen (secondary N) is 3. The maximum Gasteiger partial charge on any atom is 0.257 e. The molecule has 1 amide bonds. The van der Waals surface area contributed by atoms with E-state index in [4.69, 9.17) is 5.11 Å². The molecule has 0 radical (unpaired) electrons. The molecular weight excluding hydrogens is 552 g/mol. The van der Waals surface area contributed by atoms with Gasteiger partial charge in [-0.15, -0.1) is 0 Å². The number of sulfonamides is 1. The van der Waals surface area contributed by atoms with Crippen molar-refractivity contribution in [2.75, 3.05) is 70.2 Å². The van der Waals surface area contributed by atoms with Gasteiger partial charge < -0.3 is 25.5 Å². The molecule has 2 aromatic rings. The van der Waals surface area contributed by atoms with Gasteiger partial charge in [-0.2, -0.15) is 0 Å². The summed E-state index contributed by atoms with van der Waals surface area (Å²) in [6, 6.07) is 8.68. The highest BCUT2D eigenvalue weighted by atomic mass is 32.2. The third kappa shape index (κ3) is 6.08. The normalized spacial score (nSPS) is 20.9. The van der Waals surface area contributed by atoms with E-state index in [1.165, 1.54) is 12.8 Å². The number of benzene rings is 2. The Morgan fingerprint density at radius 2 is 1.59 bits per heavy atom. The molecular formula is C29H37F2N5O4S. The Balaban J connectivity index is 1.28. The first-order valence-corrected chi connectivity index (χ1v) is 16.1. The molecule has 6 rings (SSSR count). The van der Waals surface area contributed by atoms with Crippen LogP contribution in [0.3, 0.4) is 0 Å². The Morgan fingerprint density at radius 1 is 0.927 bits per heavy atom. The van der Waals surface area contributed by atoms with E-state index in [2.05, 4.69) is 20.3 Å². The quantitative estimate of drug-likeness (QED) is 0.364. The van der Waals surface area contributed by atoms with Gasteiger partial charge in [0.25, 0.3) is 11.8 Å². The molecule has 3 aliphatic heterocycles. The Kier molecular flexibility index (Phi) is 7.25. The van der Waals surface area contributed by atoms with Crippen LogP contribution in [0.2, 0.25) is 0 Å². The minimum Gasteiger partial charge on any atom is -0.395 e. The molecule has 3 fully saturated rings. The van der Waals surface area contributed by atoms with Crippen LogP contribution >= 0.6 is 0 Å². The second-order valence-corrected chi connectivity index (χ2v) is 13.7. The summed E-state index contributed by atoms with van der Waals surface area (Å²) in [5, 5.41) is 15.5. The van der Waals surface area contributed by atoms with Crippen LogP contribution in [0.15, 0.2) is 30.3 Å². The minimum absolute atomic E-state index is 0.201. The lowest BCUT2D eigenvalue weighted by atomic mass is 9.93. The highest BCUT2D eigenvalue weighted by molar-refractivity contribution is 7.92. The largest absolute Gasteiger partial charge is 0.395 e. The van der Waals surface area contributed by atoms with Gasteiger partial charge in [0.2, 0.25) is 10.0 Å². The number of carbonyl (C=O) groups is 1. The standard InChI is InChI=1S/C29H37F2N5O4S/c30-29(31)8-13-36(14-9-29)25-19-22(17-20-3-10-32-26(20)25)33-27(38)23-2-1-21(34-41(39,40)16-15-37)18-24(23)35-11-6-28(4-5-28)7-12-35/h1-2,17-19,32,34,37H,3-16H2,(H,33,38). The first kappa shape index (κ1) is 28.0. The predicted octanol–water partition coefficient (Wildman–Crippen LogP) is 4.26. The van der Waals surface area contributed by atoms with Crippen LogP contribution < -0.4 is 25.2 Å². The van der Waals surface area contributed by atoms with Crippen LogP contribution in [-0.2, 0) is 16.4 Å². The van der Waals surface area contributed by atoms with Gasteiger partial charge in [-0.3, -0.25) is 9.52 Å². The molecule has 41 heavy (non-hydrogen) atoms. The van der Waals surface area contributed by atoms with E-state index in [0.717, 1.165) is 55.8 Å². The summed E-state index contributed by atoms with van der Waals surface area (Å²) in [6.45, 7) is 2.30. The predicted molar refractivity (Wildman–Crippen MR) is 157 cm³/mol. The van der Waals surface area contributed by atoms with Crippen molar-refractivity contribution < 1.29 is 27.1 Å². The fourth-order valence-electron chi connectivity index (χ4n) is 6.30. The number of aliphatic hydroxyl groups excluding tert-OH is 1. The number of aliphatic hydroxyl groups is 1. The zero-order valence-corrected chi connectivity index (χ0v) is 23.8. The molecule has 1 aliphatic carbocycles. The lowest BCUT2D eigenvalue weighted by Crippen LogP contribution is -2.39. The smallest absolute Gasteiger partial charge is 0.257 e. The average Bonchev–Trinajstić information content (AvgIpc) is 3.50. The zero-order chi connectivity index (χ0) is 28.8. The number of anilines is 5. The van der Waals surface area contributed by atoms with Gasteiger partial charge in [0.1, 0.15) is 0 Å². The van der Waals surface area contributed by atoms with Crippen molar-refractivity contribution in [1.82, 2.24) is 0 Å². The van der Waals surface area contributed by atoms with Gasteiger partial charge in [-0.1, -0.05) is 0 Å². The number of rotatable bonds is 8. The Hall–Kier alpha value is -3.12. The van der Waals surface area contributed by atoms with Gasteiger partial charge in [0.15, 0.2) is 0 Å². The van der Waals surface area contributed by atoms with Crippen LogP contribution in [0, 0.1) is 5.41 Å². The summed E-state index contributed by atoms with van der Waals surface area (Å²) >= 11 is 0. The van der Waals surface area contributed by atoms with Crippen molar-refractivity contribution in [1.29, 1.82) is 0 Å². The summed E-state index contributed by atoms with van der Waals surface area (Å²) < 4.78 is 54.8. The van der Waals surface area contributed by atoms with Crippen LogP contribution in [0.25, 0.3) is 0 Å². The van der Waals surface area contributed by atoms with E-state index in [1.54, 1.807) is 18.2 Å². The number of fused-ring (bicyclic) bond motifs is 1. The summed E-state index contributed by atoms with van der Waals surface area (Å²) in [4.78, 5) is 17.9. The SMILES string of the molecule is O=C(Nc1cc2c(c(N3CCC(F)(F)CC3)c1)NCC2)c1ccc(NS(=O)(=O)CCO)cc1N1CCC2(CC1)CC2. The van der Waals surface area contributed by atoms with Crippen LogP contribution in [0.4, 0.5) is 37.2 Å². The molecule has 0 atom stereocenters. The molecule has 222 valence electrons. The van der Waals surface area contributed by atoms with E-state index >= 15 is 0 Å². The summed E-state index contributed by atoms with van der Waals surface area (Å²) in [7, 11) is -3.73. The maximum atomic E-state index is 13.8. The molecule has 3 heterocycles. The highest BCUT2D eigenvalue weighted by Crippen LogP contribution is 2.54. The van der Waals surface area contributed by atoms with Crippen molar-refractivity contribution >= 4 is 44.4 Å². The van der Waals surface area contributed by atoms with Gasteiger partial charge in [0.05, 0.1) is 40.7 Å². The first-order chi connectivity index (χ1) is 19.6. The number of nitrogens with zero attached hydrogens (tertiary/aromatic N) is 2. The topological polar surface area (TPSA) is 114 Å². The fourth-order valence-corrected chi connectivity index (χ4v) is 7.13. The number of halogens is 2. The number of hydrogen-bond acceptors (Lipinski definition) is 7. The molecule has 12 heteroatoms. The number of piperidine rings is 2. The number of alkyl halides is 2. The fraction of sp³-hybridized carbons (Fsp3) is 0.552. The van der Waals surface area contributed by atoms with E-state index in [0.29, 0.717) is 28.0 Å². The molecule has 4 aliphatic rings. The van der Waals surface area contributed by atoms with E-state index < -0.39 is 28.3 Å². The van der Waals surface area contributed by atoms with Crippen molar-refractivity contribution in [3.8, 4) is 0 Å². The summed E-state index contributed by atoms with van der Waals surface area (Å²) in [5.74, 6) is -3.39. The third-order valence-corrected chi connectivity index (χ3v) is 10.3. The lowest BCUT2D eigenvalue weighted by molar-refractivity contribution is -0.0220. The maximum absolute atomic E-state index is 13.8. The minimum atomic E-state index is -3.73. The molecule has 9 nitrogen and oxygen atoms in total. The second kappa shape index (κ2) is 10.6. The zero-order valence-electron chi connectivity index (χ0n) is 23.0. The summed E-state index contributed by atoms with van der Waals surface area (Å²) in [6.07, 6.45) is 4.91. The third-order valence-electron chi connectivity index (χ3n) is 8.99. The van der Waals surface area contributed by atoms with E-state index in [-0.39, 0.29) is 31.8 Å². The monoisotopic (exact) mass is 589 g/mol. The Labute approximate surface area is 239 Å². The van der Waals surface area contributed by atoms with Gasteiger partial charge >= 0.3 is 0 Å². The van der Waals surface area contributed by atoms with Gasteiger partial charge in [-0.25, -0.2) is 17.2 Å².